The van der Waals surface area contributed by atoms with Gasteiger partial charge in [-0.05, 0) is 24.6 Å². The molecule has 0 atom stereocenters. The third kappa shape index (κ3) is 2.06. The molecule has 0 saturated heterocycles. The van der Waals surface area contributed by atoms with Crippen LogP contribution in [0.3, 0.4) is 0 Å². The first kappa shape index (κ1) is 14.3. The molecule has 0 radical (unpaired) electrons. The number of phenols is 1. The molecule has 8 heteroatoms. The fraction of sp³-hybridized carbons (Fsp3) is 0.0714. The van der Waals surface area contributed by atoms with Crippen molar-refractivity contribution in [3.05, 3.63) is 61.6 Å². The first-order valence-electron chi connectivity index (χ1n) is 6.20. The summed E-state index contributed by atoms with van der Waals surface area (Å²) in [6.45, 7) is 1.67. The number of aryl methyl sites for hydroxylation is 1. The zero-order chi connectivity index (χ0) is 16.0. The highest BCUT2D eigenvalue weighted by molar-refractivity contribution is 6.29. The molecule has 0 amide bonds. The van der Waals surface area contributed by atoms with Crippen LogP contribution in [0.4, 0.5) is 4.39 Å². The van der Waals surface area contributed by atoms with E-state index in [2.05, 4.69) is 9.97 Å². The van der Waals surface area contributed by atoms with Gasteiger partial charge in [0, 0.05) is 0 Å². The van der Waals surface area contributed by atoms with Crippen molar-refractivity contribution >= 4 is 22.6 Å². The van der Waals surface area contributed by atoms with E-state index in [0.717, 1.165) is 10.6 Å². The quantitative estimate of drug-likeness (QED) is 0.670. The molecule has 0 aliphatic heterocycles. The molecular formula is C14H9ClFN3O3. The van der Waals surface area contributed by atoms with Crippen molar-refractivity contribution in [3.63, 3.8) is 0 Å². The van der Waals surface area contributed by atoms with Gasteiger partial charge in [-0.1, -0.05) is 23.7 Å². The average Bonchev–Trinajstić information content (AvgIpc) is 2.44. The van der Waals surface area contributed by atoms with Gasteiger partial charge in [0.15, 0.2) is 16.6 Å². The molecule has 0 fully saturated rings. The molecule has 0 aliphatic carbocycles. The largest absolute Gasteiger partial charge is 0.506 e. The van der Waals surface area contributed by atoms with E-state index in [1.807, 2.05) is 0 Å². The first-order valence-corrected chi connectivity index (χ1v) is 6.58. The fourth-order valence-corrected chi connectivity index (χ4v) is 2.39. The van der Waals surface area contributed by atoms with Gasteiger partial charge in [0.05, 0.1) is 11.1 Å². The van der Waals surface area contributed by atoms with Crippen LogP contribution in [0.25, 0.3) is 16.7 Å². The highest BCUT2D eigenvalue weighted by Gasteiger charge is 2.17. The Kier molecular flexibility index (Phi) is 3.22. The summed E-state index contributed by atoms with van der Waals surface area (Å²) in [6.07, 6.45) is 0. The molecule has 3 rings (SSSR count). The molecule has 1 aromatic carbocycles. The van der Waals surface area contributed by atoms with Gasteiger partial charge in [-0.15, -0.1) is 0 Å². The molecule has 0 unspecified atom stereocenters. The molecule has 2 aromatic heterocycles. The SMILES string of the molecule is Cc1cccc(O)c1-n1c(=O)[nH]c(=O)c2cc(F)c(Cl)nc21. The molecule has 112 valence electrons. The molecule has 2 heterocycles. The molecule has 2 N–H and O–H groups in total. The summed E-state index contributed by atoms with van der Waals surface area (Å²) in [4.78, 5) is 29.9. The lowest BCUT2D eigenvalue weighted by Gasteiger charge is -2.13. The number of aromatic amines is 1. The van der Waals surface area contributed by atoms with Gasteiger partial charge < -0.3 is 5.11 Å². The van der Waals surface area contributed by atoms with Gasteiger partial charge in [0.1, 0.15) is 5.75 Å². The summed E-state index contributed by atoms with van der Waals surface area (Å²) in [5, 5.41) is 9.41. The van der Waals surface area contributed by atoms with E-state index in [1.165, 1.54) is 6.07 Å². The van der Waals surface area contributed by atoms with E-state index in [-0.39, 0.29) is 22.5 Å². The number of aromatic nitrogens is 3. The lowest BCUT2D eigenvalue weighted by Crippen LogP contribution is -2.30. The number of pyridine rings is 1. The number of nitrogens with zero attached hydrogens (tertiary/aromatic N) is 2. The lowest BCUT2D eigenvalue weighted by atomic mass is 10.1. The second kappa shape index (κ2) is 4.96. The van der Waals surface area contributed by atoms with E-state index < -0.39 is 22.2 Å². The monoisotopic (exact) mass is 321 g/mol. The van der Waals surface area contributed by atoms with Gasteiger partial charge in [0.25, 0.3) is 5.56 Å². The number of H-pyrrole nitrogens is 1. The number of fused-ring (bicyclic) bond motifs is 1. The molecule has 0 spiro atoms. The highest BCUT2D eigenvalue weighted by Crippen LogP contribution is 2.26. The van der Waals surface area contributed by atoms with Gasteiger partial charge in [-0.25, -0.2) is 18.7 Å². The fourth-order valence-electron chi connectivity index (χ4n) is 2.25. The Morgan fingerprint density at radius 3 is 2.77 bits per heavy atom. The number of benzene rings is 1. The Morgan fingerprint density at radius 1 is 1.36 bits per heavy atom. The minimum absolute atomic E-state index is 0.134. The predicted molar refractivity (Wildman–Crippen MR) is 79.3 cm³/mol. The average molecular weight is 322 g/mol. The maximum Gasteiger partial charge on any atom is 0.334 e. The number of phenolic OH excluding ortho intramolecular Hbond substituents is 1. The number of rotatable bonds is 1. The third-order valence-corrected chi connectivity index (χ3v) is 3.50. The summed E-state index contributed by atoms with van der Waals surface area (Å²) in [6, 6.07) is 5.56. The van der Waals surface area contributed by atoms with Crippen LogP contribution in [0.5, 0.6) is 5.75 Å². The number of aromatic hydroxyl groups is 1. The Balaban J connectivity index is 2.58. The van der Waals surface area contributed by atoms with Crippen LogP contribution < -0.4 is 11.2 Å². The molecular weight excluding hydrogens is 313 g/mol. The molecule has 0 bridgehead atoms. The second-order valence-corrected chi connectivity index (χ2v) is 5.03. The maximum atomic E-state index is 13.5. The van der Waals surface area contributed by atoms with Crippen molar-refractivity contribution < 1.29 is 9.50 Å². The number of hydrogen-bond donors (Lipinski definition) is 2. The minimum atomic E-state index is -0.876. The standard InChI is InChI=1S/C14H9ClFN3O3/c1-6-3-2-4-9(20)10(6)19-12-7(13(21)18-14(19)22)5-8(16)11(15)17-12/h2-5,20H,1H3,(H,18,21,22). The van der Waals surface area contributed by atoms with Crippen LogP contribution in [-0.2, 0) is 0 Å². The first-order chi connectivity index (χ1) is 10.4. The van der Waals surface area contributed by atoms with Crippen molar-refractivity contribution in [1.29, 1.82) is 0 Å². The van der Waals surface area contributed by atoms with Gasteiger partial charge in [-0.2, -0.15) is 0 Å². The Morgan fingerprint density at radius 2 is 2.09 bits per heavy atom. The van der Waals surface area contributed by atoms with Crippen molar-refractivity contribution in [2.75, 3.05) is 0 Å². The van der Waals surface area contributed by atoms with Crippen LogP contribution in [0, 0.1) is 12.7 Å². The topological polar surface area (TPSA) is 88.0 Å². The zero-order valence-electron chi connectivity index (χ0n) is 11.2. The maximum absolute atomic E-state index is 13.5. The second-order valence-electron chi connectivity index (χ2n) is 4.67. The van der Waals surface area contributed by atoms with Crippen LogP contribution >= 0.6 is 11.6 Å². The Bertz CT molecular complexity index is 1010. The van der Waals surface area contributed by atoms with Gasteiger partial charge in [0.2, 0.25) is 0 Å². The van der Waals surface area contributed by atoms with E-state index in [1.54, 1.807) is 19.1 Å². The Hall–Kier alpha value is -2.67. The van der Waals surface area contributed by atoms with Gasteiger partial charge >= 0.3 is 5.69 Å². The van der Waals surface area contributed by atoms with E-state index >= 15 is 0 Å². The van der Waals surface area contributed by atoms with Crippen LogP contribution in [0.2, 0.25) is 5.15 Å². The number of halogens is 2. The van der Waals surface area contributed by atoms with Crippen molar-refractivity contribution in [2.45, 2.75) is 6.92 Å². The van der Waals surface area contributed by atoms with Gasteiger partial charge in [-0.3, -0.25) is 9.78 Å². The smallest absolute Gasteiger partial charge is 0.334 e. The van der Waals surface area contributed by atoms with Crippen LogP contribution in [0.1, 0.15) is 5.56 Å². The summed E-state index contributed by atoms with van der Waals surface area (Å²) in [7, 11) is 0. The highest BCUT2D eigenvalue weighted by atomic mass is 35.5. The Labute approximate surface area is 127 Å². The van der Waals surface area contributed by atoms with E-state index in [9.17, 15) is 19.1 Å². The third-order valence-electron chi connectivity index (χ3n) is 3.23. The summed E-state index contributed by atoms with van der Waals surface area (Å²) < 4.78 is 14.5. The van der Waals surface area contributed by atoms with E-state index in [4.69, 9.17) is 11.6 Å². The van der Waals surface area contributed by atoms with Crippen LogP contribution in [0.15, 0.2) is 33.9 Å². The lowest BCUT2D eigenvalue weighted by molar-refractivity contribution is 0.471. The summed E-state index contributed by atoms with van der Waals surface area (Å²) in [5.74, 6) is -1.06. The molecule has 0 saturated carbocycles. The minimum Gasteiger partial charge on any atom is -0.506 e. The number of hydrogen-bond acceptors (Lipinski definition) is 4. The molecule has 3 aromatic rings. The molecule has 22 heavy (non-hydrogen) atoms. The summed E-state index contributed by atoms with van der Waals surface area (Å²) in [5.41, 5.74) is -1.02. The molecule has 6 nitrogen and oxygen atoms in total. The normalized spacial score (nSPS) is 11.0. The van der Waals surface area contributed by atoms with Crippen molar-refractivity contribution in [2.24, 2.45) is 0 Å². The predicted octanol–water partition coefficient (Wildman–Crippen LogP) is 1.88. The number of para-hydroxylation sites is 1. The molecule has 0 aliphatic rings. The number of nitrogens with one attached hydrogen (secondary N) is 1. The van der Waals surface area contributed by atoms with E-state index in [0.29, 0.717) is 5.56 Å². The zero-order valence-corrected chi connectivity index (χ0v) is 12.0. The summed E-state index contributed by atoms with van der Waals surface area (Å²) >= 11 is 5.66. The van der Waals surface area contributed by atoms with Crippen LogP contribution in [-0.4, -0.2) is 19.6 Å². The van der Waals surface area contributed by atoms with Crippen molar-refractivity contribution in [3.8, 4) is 11.4 Å². The van der Waals surface area contributed by atoms with Crippen molar-refractivity contribution in [1.82, 2.24) is 14.5 Å².